The summed E-state index contributed by atoms with van der Waals surface area (Å²) in [7, 11) is 0. The van der Waals surface area contributed by atoms with Crippen molar-refractivity contribution in [3.63, 3.8) is 0 Å². The number of aryl methyl sites for hydroxylation is 2. The van der Waals surface area contributed by atoms with E-state index in [0.717, 1.165) is 10.2 Å². The van der Waals surface area contributed by atoms with Gasteiger partial charge in [0, 0.05) is 5.02 Å². The molecule has 0 fully saturated rings. The highest BCUT2D eigenvalue weighted by Crippen LogP contribution is 2.13. The fourth-order valence-corrected chi connectivity index (χ4v) is 2.70. The topological polar surface area (TPSA) is 87.8 Å². The van der Waals surface area contributed by atoms with Crippen molar-refractivity contribution in [2.75, 3.05) is 5.43 Å². The molecule has 3 aromatic rings. The van der Waals surface area contributed by atoms with Gasteiger partial charge in [-0.3, -0.25) is 15.0 Å². The van der Waals surface area contributed by atoms with Crippen LogP contribution >= 0.6 is 11.6 Å². The number of benzene rings is 2. The van der Waals surface area contributed by atoms with Gasteiger partial charge in [-0.15, -0.1) is 0 Å². The number of nitrogens with zero attached hydrogens (tertiary/aromatic N) is 3. The van der Waals surface area contributed by atoms with E-state index in [-0.39, 0.29) is 5.57 Å². The summed E-state index contributed by atoms with van der Waals surface area (Å²) in [6.45, 7) is 3.47. The molecular formula is C20H15ClN4O2. The lowest BCUT2D eigenvalue weighted by atomic mass is 10.1. The van der Waals surface area contributed by atoms with Gasteiger partial charge >= 0.3 is 0 Å². The Balaban J connectivity index is 1.98. The molecule has 0 saturated carbocycles. The molecule has 0 radical (unpaired) electrons. The molecule has 1 aromatic heterocycles. The van der Waals surface area contributed by atoms with Gasteiger partial charge < -0.3 is 0 Å². The Morgan fingerprint density at radius 2 is 1.93 bits per heavy atom. The maximum absolute atomic E-state index is 12.7. The zero-order valence-electron chi connectivity index (χ0n) is 14.7. The molecule has 27 heavy (non-hydrogen) atoms. The van der Waals surface area contributed by atoms with E-state index in [0.29, 0.717) is 27.3 Å². The molecule has 0 aliphatic heterocycles. The monoisotopic (exact) mass is 378 g/mol. The second kappa shape index (κ2) is 7.44. The van der Waals surface area contributed by atoms with Crippen molar-refractivity contribution in [3.05, 3.63) is 80.4 Å². The third-order valence-corrected chi connectivity index (χ3v) is 4.20. The summed E-state index contributed by atoms with van der Waals surface area (Å²) in [6, 6.07) is 13.9. The van der Waals surface area contributed by atoms with Gasteiger partial charge in [0.2, 0.25) is 0 Å². The van der Waals surface area contributed by atoms with Gasteiger partial charge in [-0.05, 0) is 49.8 Å². The average Bonchev–Trinajstić information content (AvgIpc) is 2.65. The molecule has 0 spiro atoms. The van der Waals surface area contributed by atoms with Crippen molar-refractivity contribution >= 4 is 34.5 Å². The molecule has 0 unspecified atom stereocenters. The van der Waals surface area contributed by atoms with Gasteiger partial charge in [0.25, 0.3) is 11.5 Å². The molecule has 0 atom stereocenters. The highest BCUT2D eigenvalue weighted by atomic mass is 35.5. The van der Waals surface area contributed by atoms with Crippen LogP contribution in [-0.2, 0) is 4.79 Å². The van der Waals surface area contributed by atoms with Crippen LogP contribution in [0.4, 0.5) is 0 Å². The van der Waals surface area contributed by atoms with Crippen molar-refractivity contribution < 1.29 is 4.79 Å². The van der Waals surface area contributed by atoms with Crippen LogP contribution in [0.1, 0.15) is 17.0 Å². The van der Waals surface area contributed by atoms with Crippen molar-refractivity contribution in [1.82, 2.24) is 9.66 Å². The Bertz CT molecular complexity index is 1170. The smallest absolute Gasteiger partial charge is 0.267 e. The van der Waals surface area contributed by atoms with Crippen molar-refractivity contribution in [2.45, 2.75) is 13.8 Å². The highest BCUT2D eigenvalue weighted by molar-refractivity contribution is 6.30. The molecule has 7 heteroatoms. The van der Waals surface area contributed by atoms with Gasteiger partial charge in [0.05, 0.1) is 10.9 Å². The summed E-state index contributed by atoms with van der Waals surface area (Å²) in [4.78, 5) is 29.6. The first-order valence-electron chi connectivity index (χ1n) is 8.08. The SMILES string of the molecule is Cc1ccc2nc(C)n(NC(=O)/C(C#N)=C/c3ccc(Cl)cc3)c(=O)c2c1. The largest absolute Gasteiger partial charge is 0.280 e. The summed E-state index contributed by atoms with van der Waals surface area (Å²) in [5, 5.41) is 10.3. The molecule has 6 nitrogen and oxygen atoms in total. The van der Waals surface area contributed by atoms with Crippen LogP contribution in [0.3, 0.4) is 0 Å². The molecule has 0 aliphatic rings. The number of fused-ring (bicyclic) bond motifs is 1. The van der Waals surface area contributed by atoms with E-state index in [1.165, 1.54) is 6.08 Å². The Hall–Kier alpha value is -3.43. The molecule has 3 rings (SSSR count). The quantitative estimate of drug-likeness (QED) is 0.559. The highest BCUT2D eigenvalue weighted by Gasteiger charge is 2.14. The third-order valence-electron chi connectivity index (χ3n) is 3.95. The number of nitriles is 1. The predicted molar refractivity (Wildman–Crippen MR) is 105 cm³/mol. The van der Waals surface area contributed by atoms with Gasteiger partial charge in [-0.2, -0.15) is 5.26 Å². The first-order chi connectivity index (χ1) is 12.9. The fourth-order valence-electron chi connectivity index (χ4n) is 2.58. The summed E-state index contributed by atoms with van der Waals surface area (Å²) in [5.74, 6) is -0.389. The molecular weight excluding hydrogens is 364 g/mol. The summed E-state index contributed by atoms with van der Waals surface area (Å²) in [6.07, 6.45) is 1.42. The second-order valence-corrected chi connectivity index (χ2v) is 6.42. The van der Waals surface area contributed by atoms with E-state index >= 15 is 0 Å². The van der Waals surface area contributed by atoms with Crippen LogP contribution in [0.15, 0.2) is 52.8 Å². The first-order valence-corrected chi connectivity index (χ1v) is 8.45. The van der Waals surface area contributed by atoms with Crippen LogP contribution in [0.2, 0.25) is 5.02 Å². The Morgan fingerprint density at radius 3 is 2.59 bits per heavy atom. The standard InChI is InChI=1S/C20H15ClN4O2/c1-12-3-8-18-17(9-12)20(27)25(13(2)23-18)24-19(26)15(11-22)10-14-4-6-16(21)7-5-14/h3-10H,1-2H3,(H,24,26)/b15-10+. The number of carbonyl (C=O) groups is 1. The Labute approximate surface area is 160 Å². The zero-order chi connectivity index (χ0) is 19.6. The Kier molecular flexibility index (Phi) is 5.06. The molecule has 0 aliphatic carbocycles. The summed E-state index contributed by atoms with van der Waals surface area (Å²) >= 11 is 5.84. The number of amides is 1. The number of hydrogen-bond donors (Lipinski definition) is 1. The Morgan fingerprint density at radius 1 is 1.22 bits per heavy atom. The van der Waals surface area contributed by atoms with E-state index in [1.54, 1.807) is 43.3 Å². The van der Waals surface area contributed by atoms with E-state index in [9.17, 15) is 14.9 Å². The number of nitrogens with one attached hydrogen (secondary N) is 1. The molecule has 2 aromatic carbocycles. The lowest BCUT2D eigenvalue weighted by molar-refractivity contribution is -0.113. The third kappa shape index (κ3) is 3.89. The lowest BCUT2D eigenvalue weighted by Gasteiger charge is -2.12. The molecule has 1 N–H and O–H groups in total. The van der Waals surface area contributed by atoms with E-state index in [4.69, 9.17) is 11.6 Å². The van der Waals surface area contributed by atoms with Crippen LogP contribution in [0, 0.1) is 25.2 Å². The molecule has 0 bridgehead atoms. The minimum absolute atomic E-state index is 0.145. The zero-order valence-corrected chi connectivity index (χ0v) is 15.4. The predicted octanol–water partition coefficient (Wildman–Crippen LogP) is 3.34. The summed E-state index contributed by atoms with van der Waals surface area (Å²) < 4.78 is 1.05. The molecule has 0 saturated heterocycles. The first kappa shape index (κ1) is 18.4. The number of hydrogen-bond acceptors (Lipinski definition) is 4. The minimum atomic E-state index is -0.702. The minimum Gasteiger partial charge on any atom is -0.267 e. The lowest BCUT2D eigenvalue weighted by Crippen LogP contribution is -2.36. The molecule has 1 amide bonds. The average molecular weight is 379 g/mol. The van der Waals surface area contributed by atoms with E-state index in [2.05, 4.69) is 10.4 Å². The van der Waals surface area contributed by atoms with Gasteiger partial charge in [0.1, 0.15) is 17.5 Å². The van der Waals surface area contributed by atoms with Crippen molar-refractivity contribution in [2.24, 2.45) is 0 Å². The van der Waals surface area contributed by atoms with Crippen LogP contribution in [0.25, 0.3) is 17.0 Å². The molecule has 134 valence electrons. The number of halogens is 1. The van der Waals surface area contributed by atoms with E-state index < -0.39 is 11.5 Å². The number of carbonyl (C=O) groups excluding carboxylic acids is 1. The maximum Gasteiger partial charge on any atom is 0.280 e. The summed E-state index contributed by atoms with van der Waals surface area (Å²) in [5.41, 5.74) is 4.00. The number of rotatable bonds is 3. The normalized spacial score (nSPS) is 11.3. The van der Waals surface area contributed by atoms with Crippen molar-refractivity contribution in [3.8, 4) is 6.07 Å². The van der Waals surface area contributed by atoms with Crippen LogP contribution in [-0.4, -0.2) is 15.6 Å². The van der Waals surface area contributed by atoms with Gasteiger partial charge in [0.15, 0.2) is 0 Å². The van der Waals surface area contributed by atoms with Crippen LogP contribution < -0.4 is 11.0 Å². The van der Waals surface area contributed by atoms with Crippen molar-refractivity contribution in [1.29, 1.82) is 5.26 Å². The second-order valence-electron chi connectivity index (χ2n) is 5.98. The van der Waals surface area contributed by atoms with Gasteiger partial charge in [-0.25, -0.2) is 9.66 Å². The molecule has 1 heterocycles. The van der Waals surface area contributed by atoms with E-state index in [1.807, 2.05) is 19.1 Å². The van der Waals surface area contributed by atoms with Crippen LogP contribution in [0.5, 0.6) is 0 Å². The van der Waals surface area contributed by atoms with Gasteiger partial charge in [-0.1, -0.05) is 35.4 Å². The number of aromatic nitrogens is 2. The fraction of sp³-hybridized carbons (Fsp3) is 0.100. The maximum atomic E-state index is 12.7.